The molecule has 0 radical (unpaired) electrons. The summed E-state index contributed by atoms with van der Waals surface area (Å²) in [6, 6.07) is 0. The Balaban J connectivity index is 0. The molecular weight excluding hydrogens is 152 g/mol. The van der Waals surface area contributed by atoms with Gasteiger partial charge in [0.05, 0.1) is 12.7 Å². The first-order chi connectivity index (χ1) is 5.76. The van der Waals surface area contributed by atoms with Gasteiger partial charge < -0.3 is 9.84 Å². The minimum Gasteiger partial charge on any atom is -0.394 e. The number of hydrogen-bond acceptors (Lipinski definition) is 2. The first-order valence-electron chi connectivity index (χ1n) is 4.99. The summed E-state index contributed by atoms with van der Waals surface area (Å²) in [7, 11) is 0. The molecule has 0 spiro atoms. The van der Waals surface area contributed by atoms with Crippen molar-refractivity contribution in [2.24, 2.45) is 0 Å². The predicted octanol–water partition coefficient (Wildman–Crippen LogP) is 2.60. The number of aliphatic hydroxyl groups is 1. The Morgan fingerprint density at radius 1 is 1.17 bits per heavy atom. The molecule has 0 aromatic carbocycles. The van der Waals surface area contributed by atoms with E-state index in [2.05, 4.69) is 20.8 Å². The van der Waals surface area contributed by atoms with Gasteiger partial charge in [-0.1, -0.05) is 33.6 Å². The van der Waals surface area contributed by atoms with Crippen LogP contribution in [0.5, 0.6) is 0 Å². The van der Waals surface area contributed by atoms with Crippen molar-refractivity contribution in [1.29, 1.82) is 0 Å². The van der Waals surface area contributed by atoms with Gasteiger partial charge in [0.25, 0.3) is 0 Å². The highest BCUT2D eigenvalue weighted by molar-refractivity contribution is 4.52. The first-order valence-corrected chi connectivity index (χ1v) is 4.99. The Kier molecular flexibility index (Phi) is 16.3. The van der Waals surface area contributed by atoms with Gasteiger partial charge in [0, 0.05) is 6.61 Å². The highest BCUT2D eigenvalue weighted by atomic mass is 16.5. The molecule has 2 heteroatoms. The largest absolute Gasteiger partial charge is 0.394 e. The molecule has 76 valence electrons. The number of aliphatic hydroxyl groups excluding tert-OH is 1. The Labute approximate surface area is 76.9 Å². The van der Waals surface area contributed by atoms with Crippen LogP contribution in [0.1, 0.15) is 47.0 Å². The molecule has 0 fully saturated rings. The lowest BCUT2D eigenvalue weighted by molar-refractivity contribution is 0.0147. The van der Waals surface area contributed by atoms with Crippen molar-refractivity contribution in [3.05, 3.63) is 0 Å². The fraction of sp³-hybridized carbons (Fsp3) is 1.00. The summed E-state index contributed by atoms with van der Waals surface area (Å²) in [4.78, 5) is 0. The quantitative estimate of drug-likeness (QED) is 0.697. The Hall–Kier alpha value is -0.0800. The summed E-state index contributed by atoms with van der Waals surface area (Å²) in [5.74, 6) is 0. The summed E-state index contributed by atoms with van der Waals surface area (Å²) >= 11 is 0. The summed E-state index contributed by atoms with van der Waals surface area (Å²) in [5.41, 5.74) is 0. The van der Waals surface area contributed by atoms with Crippen LogP contribution in [0.15, 0.2) is 0 Å². The van der Waals surface area contributed by atoms with E-state index in [0.29, 0.717) is 6.61 Å². The standard InChI is InChI=1S/C7H16O2.C3H8/c1-3-5-7(6-8)9-4-2;1-3-2/h7-8H,3-6H2,1-2H3;3H2,1-2H3. The molecule has 1 unspecified atom stereocenters. The maximum Gasteiger partial charge on any atom is 0.0805 e. The number of rotatable bonds is 5. The van der Waals surface area contributed by atoms with Crippen molar-refractivity contribution in [2.45, 2.75) is 53.1 Å². The molecule has 12 heavy (non-hydrogen) atoms. The molecule has 0 aliphatic heterocycles. The molecular formula is C10H24O2. The summed E-state index contributed by atoms with van der Waals surface area (Å²) < 4.78 is 5.18. The van der Waals surface area contributed by atoms with E-state index in [4.69, 9.17) is 9.84 Å². The molecule has 0 aliphatic rings. The number of hydrogen-bond donors (Lipinski definition) is 1. The van der Waals surface area contributed by atoms with E-state index in [9.17, 15) is 0 Å². The van der Waals surface area contributed by atoms with Crippen molar-refractivity contribution in [3.8, 4) is 0 Å². The van der Waals surface area contributed by atoms with Crippen LogP contribution in [-0.4, -0.2) is 24.4 Å². The number of ether oxygens (including phenoxy) is 1. The highest BCUT2D eigenvalue weighted by Crippen LogP contribution is 1.99. The lowest BCUT2D eigenvalue weighted by Crippen LogP contribution is -2.16. The van der Waals surface area contributed by atoms with Gasteiger partial charge in [-0.25, -0.2) is 0 Å². The zero-order valence-electron chi connectivity index (χ0n) is 8.97. The Bertz CT molecular complexity index is 58.9. The molecule has 0 aliphatic carbocycles. The van der Waals surface area contributed by atoms with E-state index >= 15 is 0 Å². The summed E-state index contributed by atoms with van der Waals surface area (Å²) in [6.07, 6.45) is 3.36. The van der Waals surface area contributed by atoms with Crippen molar-refractivity contribution in [1.82, 2.24) is 0 Å². The maximum atomic E-state index is 8.66. The third kappa shape index (κ3) is 12.6. The second-order valence-electron chi connectivity index (χ2n) is 2.76. The zero-order chi connectivity index (χ0) is 9.82. The Morgan fingerprint density at radius 3 is 1.92 bits per heavy atom. The fourth-order valence-electron chi connectivity index (χ4n) is 0.785. The molecule has 2 nitrogen and oxygen atoms in total. The lowest BCUT2D eigenvalue weighted by Gasteiger charge is -2.11. The molecule has 0 aromatic rings. The molecule has 0 heterocycles. The van der Waals surface area contributed by atoms with Crippen molar-refractivity contribution >= 4 is 0 Å². The molecule has 1 atom stereocenters. The van der Waals surface area contributed by atoms with Gasteiger partial charge in [-0.3, -0.25) is 0 Å². The van der Waals surface area contributed by atoms with Crippen LogP contribution in [0.3, 0.4) is 0 Å². The van der Waals surface area contributed by atoms with E-state index in [0.717, 1.165) is 12.8 Å². The average molecular weight is 176 g/mol. The van der Waals surface area contributed by atoms with Crippen LogP contribution >= 0.6 is 0 Å². The third-order valence-electron chi connectivity index (χ3n) is 1.22. The SMILES string of the molecule is CCC.CCCC(CO)OCC. The van der Waals surface area contributed by atoms with Gasteiger partial charge >= 0.3 is 0 Å². The van der Waals surface area contributed by atoms with Crippen molar-refractivity contribution in [3.63, 3.8) is 0 Å². The van der Waals surface area contributed by atoms with Crippen LogP contribution in [-0.2, 0) is 4.74 Å². The second-order valence-corrected chi connectivity index (χ2v) is 2.76. The summed E-state index contributed by atoms with van der Waals surface area (Å²) in [5, 5.41) is 8.66. The summed E-state index contributed by atoms with van der Waals surface area (Å²) in [6.45, 7) is 9.13. The van der Waals surface area contributed by atoms with E-state index < -0.39 is 0 Å². The molecule has 0 rings (SSSR count). The van der Waals surface area contributed by atoms with Crippen LogP contribution in [0, 0.1) is 0 Å². The van der Waals surface area contributed by atoms with Crippen molar-refractivity contribution < 1.29 is 9.84 Å². The molecule has 0 bridgehead atoms. The van der Waals surface area contributed by atoms with Crippen LogP contribution in [0.25, 0.3) is 0 Å². The van der Waals surface area contributed by atoms with Gasteiger partial charge in [-0.2, -0.15) is 0 Å². The van der Waals surface area contributed by atoms with E-state index in [1.807, 2.05) is 6.92 Å². The van der Waals surface area contributed by atoms with Gasteiger partial charge in [-0.05, 0) is 13.3 Å². The average Bonchev–Trinajstić information content (AvgIpc) is 2.05. The van der Waals surface area contributed by atoms with Gasteiger partial charge in [-0.15, -0.1) is 0 Å². The van der Waals surface area contributed by atoms with Gasteiger partial charge in [0.1, 0.15) is 0 Å². The minimum absolute atomic E-state index is 0.0694. The van der Waals surface area contributed by atoms with Crippen LogP contribution in [0.4, 0.5) is 0 Å². The van der Waals surface area contributed by atoms with E-state index in [1.165, 1.54) is 6.42 Å². The lowest BCUT2D eigenvalue weighted by atomic mass is 10.2. The highest BCUT2D eigenvalue weighted by Gasteiger charge is 2.02. The van der Waals surface area contributed by atoms with Gasteiger partial charge in [0.15, 0.2) is 0 Å². The molecule has 0 saturated heterocycles. The first kappa shape index (κ1) is 14.4. The second kappa shape index (κ2) is 13.5. The van der Waals surface area contributed by atoms with Crippen LogP contribution < -0.4 is 0 Å². The van der Waals surface area contributed by atoms with Crippen LogP contribution in [0.2, 0.25) is 0 Å². The van der Waals surface area contributed by atoms with Crippen molar-refractivity contribution in [2.75, 3.05) is 13.2 Å². The monoisotopic (exact) mass is 176 g/mol. The topological polar surface area (TPSA) is 29.5 Å². The molecule has 0 saturated carbocycles. The fourth-order valence-corrected chi connectivity index (χ4v) is 0.785. The molecule has 0 aromatic heterocycles. The Morgan fingerprint density at radius 2 is 1.67 bits per heavy atom. The van der Waals surface area contributed by atoms with E-state index in [1.54, 1.807) is 0 Å². The smallest absolute Gasteiger partial charge is 0.0805 e. The van der Waals surface area contributed by atoms with E-state index in [-0.39, 0.29) is 12.7 Å². The third-order valence-corrected chi connectivity index (χ3v) is 1.22. The predicted molar refractivity (Wildman–Crippen MR) is 53.4 cm³/mol. The minimum atomic E-state index is 0.0694. The normalized spacial score (nSPS) is 11.8. The zero-order valence-corrected chi connectivity index (χ0v) is 8.97. The van der Waals surface area contributed by atoms with Gasteiger partial charge in [0.2, 0.25) is 0 Å². The molecule has 0 amide bonds. The maximum absolute atomic E-state index is 8.66. The molecule has 1 N–H and O–H groups in total.